The molecule has 6 nitrogen and oxygen atoms in total. The highest BCUT2D eigenvalue weighted by Gasteiger charge is 2.01. The Hall–Kier alpha value is -2.11. The maximum Gasteiger partial charge on any atom is 0.278 e. The van der Waals surface area contributed by atoms with E-state index in [9.17, 15) is 4.79 Å². The Morgan fingerprint density at radius 2 is 2.15 bits per heavy atom. The zero-order valence-electron chi connectivity index (χ0n) is 6.87. The molecule has 6 heteroatoms. The van der Waals surface area contributed by atoms with E-state index in [1.165, 1.54) is 6.33 Å². The van der Waals surface area contributed by atoms with Crippen molar-refractivity contribution in [1.82, 2.24) is 19.9 Å². The second-order valence-corrected chi connectivity index (χ2v) is 2.05. The second-order valence-electron chi connectivity index (χ2n) is 2.05. The maximum absolute atomic E-state index is 11.0. The van der Waals surface area contributed by atoms with Crippen molar-refractivity contribution in [2.24, 2.45) is 0 Å². The van der Waals surface area contributed by atoms with Gasteiger partial charge >= 0.3 is 0 Å². The largest absolute Gasteiger partial charge is 0.369 e. The van der Waals surface area contributed by atoms with E-state index in [4.69, 9.17) is 5.73 Å². The van der Waals surface area contributed by atoms with Crippen molar-refractivity contribution in [3.05, 3.63) is 29.8 Å². The summed E-state index contributed by atoms with van der Waals surface area (Å²) in [4.78, 5) is 23.5. The van der Waals surface area contributed by atoms with Gasteiger partial charge in [-0.15, -0.1) is 13.2 Å². The fourth-order valence-corrected chi connectivity index (χ4v) is 0.860. The second kappa shape index (κ2) is 3.53. The molecular weight excluding hydrogens is 170 g/mol. The Morgan fingerprint density at radius 3 is 2.85 bits per heavy atom. The average Bonchev–Trinajstić information content (AvgIpc) is 2.55. The first-order valence-electron chi connectivity index (χ1n) is 3.46. The van der Waals surface area contributed by atoms with Gasteiger partial charge in [0.25, 0.3) is 5.56 Å². The first kappa shape index (κ1) is 8.98. The van der Waals surface area contributed by atoms with Crippen LogP contribution < -0.4 is 11.3 Å². The fraction of sp³-hybridized carbons (Fsp3) is 0. The molecule has 2 rings (SSSR count). The summed E-state index contributed by atoms with van der Waals surface area (Å²) in [5.41, 5.74) is 5.65. The molecule has 0 atom stereocenters. The fourth-order valence-electron chi connectivity index (χ4n) is 0.860. The van der Waals surface area contributed by atoms with Crippen molar-refractivity contribution in [2.75, 3.05) is 5.73 Å². The van der Waals surface area contributed by atoms with Gasteiger partial charge in [-0.25, -0.2) is 4.98 Å². The third kappa shape index (κ3) is 1.56. The number of aromatic amines is 2. The van der Waals surface area contributed by atoms with Crippen LogP contribution in [0.5, 0.6) is 0 Å². The Kier molecular flexibility index (Phi) is 2.44. The highest BCUT2D eigenvalue weighted by molar-refractivity contribution is 5.69. The van der Waals surface area contributed by atoms with Crippen molar-refractivity contribution >= 4 is 17.1 Å². The van der Waals surface area contributed by atoms with E-state index < -0.39 is 0 Å². The number of nitrogens with one attached hydrogen (secondary N) is 2. The molecule has 13 heavy (non-hydrogen) atoms. The molecule has 2 aromatic rings. The molecule has 0 saturated carbocycles. The van der Waals surface area contributed by atoms with Gasteiger partial charge in [-0.1, -0.05) is 0 Å². The van der Waals surface area contributed by atoms with Crippen molar-refractivity contribution in [2.45, 2.75) is 0 Å². The number of hydrogen-bond donors (Lipinski definition) is 3. The van der Waals surface area contributed by atoms with Crippen LogP contribution in [-0.4, -0.2) is 19.9 Å². The predicted molar refractivity (Wildman–Crippen MR) is 50.2 cm³/mol. The van der Waals surface area contributed by atoms with Crippen LogP contribution in [0.1, 0.15) is 0 Å². The lowest BCUT2D eigenvalue weighted by Crippen LogP contribution is -2.10. The molecule has 0 saturated heterocycles. The number of anilines is 1. The lowest BCUT2D eigenvalue weighted by molar-refractivity contribution is 1.17. The number of H-pyrrole nitrogens is 2. The van der Waals surface area contributed by atoms with E-state index in [0.29, 0.717) is 11.2 Å². The van der Waals surface area contributed by atoms with E-state index in [-0.39, 0.29) is 11.5 Å². The summed E-state index contributed by atoms with van der Waals surface area (Å²) in [5.74, 6) is 0.0783. The molecule has 68 valence electrons. The van der Waals surface area contributed by atoms with Crippen LogP contribution >= 0.6 is 0 Å². The monoisotopic (exact) mass is 179 g/mol. The highest BCUT2D eigenvalue weighted by atomic mass is 16.1. The smallest absolute Gasteiger partial charge is 0.278 e. The van der Waals surface area contributed by atoms with E-state index in [1.807, 2.05) is 0 Å². The first-order valence-corrected chi connectivity index (χ1v) is 3.46. The van der Waals surface area contributed by atoms with Gasteiger partial charge in [0.1, 0.15) is 0 Å². The van der Waals surface area contributed by atoms with E-state index in [2.05, 4.69) is 33.1 Å². The summed E-state index contributed by atoms with van der Waals surface area (Å²) in [6, 6.07) is 0. The number of nitrogen functional groups attached to an aromatic ring is 1. The number of rotatable bonds is 0. The Morgan fingerprint density at radius 1 is 1.46 bits per heavy atom. The molecule has 0 aliphatic rings. The molecule has 0 spiro atoms. The van der Waals surface area contributed by atoms with Gasteiger partial charge in [0, 0.05) is 0 Å². The number of nitrogens with two attached hydrogens (primary N) is 1. The lowest BCUT2D eigenvalue weighted by atomic mass is 10.5. The predicted octanol–water partition coefficient (Wildman–Crippen LogP) is 0.0306. The van der Waals surface area contributed by atoms with Crippen LogP contribution in [0.15, 0.2) is 24.3 Å². The topological polar surface area (TPSA) is 100 Å². The van der Waals surface area contributed by atoms with Crippen LogP contribution in [0.25, 0.3) is 11.2 Å². The van der Waals surface area contributed by atoms with Gasteiger partial charge in [0.05, 0.1) is 6.33 Å². The lowest BCUT2D eigenvalue weighted by Gasteiger charge is -1.89. The number of aromatic nitrogens is 4. The molecule has 4 N–H and O–H groups in total. The zero-order valence-corrected chi connectivity index (χ0v) is 6.87. The molecule has 0 amide bonds. The van der Waals surface area contributed by atoms with Gasteiger partial charge in [0.15, 0.2) is 11.2 Å². The first-order chi connectivity index (χ1) is 6.27. The molecule has 0 unspecified atom stereocenters. The third-order valence-electron chi connectivity index (χ3n) is 1.31. The van der Waals surface area contributed by atoms with Gasteiger partial charge in [0.2, 0.25) is 5.95 Å². The summed E-state index contributed by atoms with van der Waals surface area (Å²) >= 11 is 0. The van der Waals surface area contributed by atoms with Crippen LogP contribution in [0.4, 0.5) is 5.95 Å². The van der Waals surface area contributed by atoms with Gasteiger partial charge < -0.3 is 10.7 Å². The summed E-state index contributed by atoms with van der Waals surface area (Å²) in [5, 5.41) is 0. The minimum absolute atomic E-state index is 0.0783. The summed E-state index contributed by atoms with van der Waals surface area (Å²) in [6.07, 6.45) is 1.40. The average molecular weight is 179 g/mol. The normalized spacial score (nSPS) is 9.23. The molecule has 0 aromatic carbocycles. The molecule has 2 heterocycles. The van der Waals surface area contributed by atoms with Crippen LogP contribution in [0.3, 0.4) is 0 Å². The minimum Gasteiger partial charge on any atom is -0.369 e. The van der Waals surface area contributed by atoms with Crippen LogP contribution in [0.2, 0.25) is 0 Å². The summed E-state index contributed by atoms with van der Waals surface area (Å²) in [7, 11) is 0. The summed E-state index contributed by atoms with van der Waals surface area (Å²) in [6.45, 7) is 6.00. The van der Waals surface area contributed by atoms with Gasteiger partial charge in [-0.2, -0.15) is 4.98 Å². The van der Waals surface area contributed by atoms with Crippen molar-refractivity contribution < 1.29 is 0 Å². The van der Waals surface area contributed by atoms with Crippen LogP contribution in [0, 0.1) is 0 Å². The Labute approximate surface area is 73.5 Å². The molecule has 0 aliphatic heterocycles. The molecule has 0 bridgehead atoms. The SMILES string of the molecule is C=C.Nc1nc2nc[nH]c2c(=O)[nH]1. The van der Waals surface area contributed by atoms with Crippen molar-refractivity contribution in [3.8, 4) is 0 Å². The number of fused-ring (bicyclic) bond motifs is 1. The number of nitrogens with zero attached hydrogens (tertiary/aromatic N) is 2. The van der Waals surface area contributed by atoms with Crippen LogP contribution in [-0.2, 0) is 0 Å². The Bertz CT molecular complexity index is 457. The van der Waals surface area contributed by atoms with Gasteiger partial charge in [-0.05, 0) is 0 Å². The van der Waals surface area contributed by atoms with Gasteiger partial charge in [-0.3, -0.25) is 9.78 Å². The zero-order chi connectivity index (χ0) is 9.84. The molecular formula is C7H9N5O. The quantitative estimate of drug-likeness (QED) is 0.496. The van der Waals surface area contributed by atoms with E-state index in [1.54, 1.807) is 0 Å². The maximum atomic E-state index is 11.0. The molecule has 0 aliphatic carbocycles. The van der Waals surface area contributed by atoms with E-state index in [0.717, 1.165) is 0 Å². The molecule has 0 fully saturated rings. The van der Waals surface area contributed by atoms with Crippen molar-refractivity contribution in [1.29, 1.82) is 0 Å². The number of imidazole rings is 1. The standard InChI is InChI=1S/C5H5N5O.C2H4/c6-5-9-3-2(4(11)10-5)7-1-8-3;1-2/h1H,(H4,6,7,8,9,10,11);1-2H2. The molecule has 2 aromatic heterocycles. The Balaban J connectivity index is 0.000000396. The molecule has 0 radical (unpaired) electrons. The summed E-state index contributed by atoms with van der Waals surface area (Å²) < 4.78 is 0. The minimum atomic E-state index is -0.301. The van der Waals surface area contributed by atoms with Crippen molar-refractivity contribution in [3.63, 3.8) is 0 Å². The third-order valence-corrected chi connectivity index (χ3v) is 1.31. The number of hydrogen-bond acceptors (Lipinski definition) is 4. The van der Waals surface area contributed by atoms with E-state index >= 15 is 0 Å². The highest BCUT2D eigenvalue weighted by Crippen LogP contribution is 1.98.